The molecule has 6 nitrogen and oxygen atoms in total. The molecule has 4 rings (SSSR count). The number of aryl methyl sites for hydroxylation is 2. The molecule has 0 bridgehead atoms. The minimum Gasteiger partial charge on any atom is -0.494 e. The summed E-state index contributed by atoms with van der Waals surface area (Å²) in [5, 5.41) is 0.660. The molecule has 0 atom stereocenters. The second-order valence-electron chi connectivity index (χ2n) is 6.47. The lowest BCUT2D eigenvalue weighted by Crippen LogP contribution is -2.31. The second-order valence-corrected chi connectivity index (χ2v) is 9.17. The van der Waals surface area contributed by atoms with Crippen molar-refractivity contribution in [3.05, 3.63) is 57.8 Å². The Morgan fingerprint density at radius 3 is 2.77 bits per heavy atom. The van der Waals surface area contributed by atoms with E-state index in [0.29, 0.717) is 26.6 Å². The van der Waals surface area contributed by atoms with Gasteiger partial charge in [-0.1, -0.05) is 29.0 Å². The number of imidazole rings is 1. The van der Waals surface area contributed by atoms with Crippen LogP contribution in [0.25, 0.3) is 10.2 Å². The lowest BCUT2D eigenvalue weighted by atomic mass is 10.2. The van der Waals surface area contributed by atoms with Gasteiger partial charge in [0.25, 0.3) is 5.91 Å². The molecule has 0 radical (unpaired) electrons. The van der Waals surface area contributed by atoms with Crippen LogP contribution in [-0.2, 0) is 6.54 Å². The Morgan fingerprint density at radius 2 is 2.10 bits per heavy atom. The number of thiophene rings is 1. The number of rotatable bonds is 7. The van der Waals surface area contributed by atoms with E-state index in [1.165, 1.54) is 22.7 Å². The van der Waals surface area contributed by atoms with Crippen molar-refractivity contribution in [1.29, 1.82) is 0 Å². The van der Waals surface area contributed by atoms with E-state index < -0.39 is 0 Å². The van der Waals surface area contributed by atoms with Crippen LogP contribution in [0.15, 0.2) is 43.0 Å². The van der Waals surface area contributed by atoms with Gasteiger partial charge in [-0.2, -0.15) is 0 Å². The van der Waals surface area contributed by atoms with E-state index in [1.807, 2.05) is 29.8 Å². The zero-order valence-corrected chi connectivity index (χ0v) is 19.6. The van der Waals surface area contributed by atoms with E-state index >= 15 is 0 Å². The number of fused-ring (bicyclic) bond motifs is 1. The van der Waals surface area contributed by atoms with Crippen molar-refractivity contribution < 1.29 is 9.53 Å². The Morgan fingerprint density at radius 1 is 1.27 bits per heavy atom. The predicted octanol–water partition coefficient (Wildman–Crippen LogP) is 5.68. The number of carbonyl (C=O) groups excluding carboxylic acids is 1. The highest BCUT2D eigenvalue weighted by Crippen LogP contribution is 2.37. The van der Waals surface area contributed by atoms with Crippen molar-refractivity contribution in [2.45, 2.75) is 19.9 Å². The van der Waals surface area contributed by atoms with Crippen LogP contribution < -0.4 is 9.64 Å². The maximum absolute atomic E-state index is 13.3. The Bertz CT molecular complexity index is 1140. The molecule has 0 unspecified atom stereocenters. The fourth-order valence-electron chi connectivity index (χ4n) is 3.06. The molecule has 0 aliphatic rings. The van der Waals surface area contributed by atoms with Gasteiger partial charge in [0.2, 0.25) is 0 Å². The molecule has 10 heteroatoms. The van der Waals surface area contributed by atoms with E-state index in [4.69, 9.17) is 21.3 Å². The monoisotopic (exact) mass is 482 g/mol. The predicted molar refractivity (Wildman–Crippen MR) is 126 cm³/mol. The van der Waals surface area contributed by atoms with Crippen molar-refractivity contribution >= 4 is 67.9 Å². The van der Waals surface area contributed by atoms with Gasteiger partial charge in [-0.25, -0.2) is 9.97 Å². The van der Waals surface area contributed by atoms with Gasteiger partial charge in [-0.15, -0.1) is 23.7 Å². The molecule has 3 aromatic heterocycles. The molecule has 4 aromatic rings. The molecule has 0 fully saturated rings. The Kier molecular flexibility index (Phi) is 7.36. The smallest absolute Gasteiger partial charge is 0.270 e. The first kappa shape index (κ1) is 22.6. The van der Waals surface area contributed by atoms with Crippen molar-refractivity contribution in [2.75, 3.05) is 18.6 Å². The summed E-state index contributed by atoms with van der Waals surface area (Å²) in [5.74, 6) is 0.612. The normalized spacial score (nSPS) is 10.8. The number of methoxy groups -OCH3 is 1. The third-order valence-corrected chi connectivity index (χ3v) is 6.96. The SMILES string of the molecule is COc1ccc(C)c2sc(N(CCCn3ccnc3)C(=O)c3ccc(Cl)s3)nc12.Cl. The summed E-state index contributed by atoms with van der Waals surface area (Å²) in [6, 6.07) is 7.42. The minimum atomic E-state index is -0.0943. The Hall–Kier alpha value is -2.13. The number of hydrogen-bond donors (Lipinski definition) is 0. The van der Waals surface area contributed by atoms with Crippen LogP contribution in [-0.4, -0.2) is 34.1 Å². The number of aromatic nitrogens is 3. The quantitative estimate of drug-likeness (QED) is 0.339. The van der Waals surface area contributed by atoms with Crippen molar-refractivity contribution in [3.63, 3.8) is 0 Å². The molecule has 0 saturated carbocycles. The van der Waals surface area contributed by atoms with Gasteiger partial charge in [0.15, 0.2) is 5.13 Å². The first-order chi connectivity index (χ1) is 14.1. The van der Waals surface area contributed by atoms with E-state index in [1.54, 1.807) is 36.7 Å². The fourth-order valence-corrected chi connectivity index (χ4v) is 5.12. The molecule has 0 saturated heterocycles. The molecule has 0 aliphatic carbocycles. The summed E-state index contributed by atoms with van der Waals surface area (Å²) in [6.45, 7) is 3.34. The third kappa shape index (κ3) is 4.62. The summed E-state index contributed by atoms with van der Waals surface area (Å²) < 4.78 is 9.08. The van der Waals surface area contributed by atoms with E-state index in [-0.39, 0.29) is 18.3 Å². The molecule has 0 N–H and O–H groups in total. The van der Waals surface area contributed by atoms with Crippen molar-refractivity contribution in [2.24, 2.45) is 0 Å². The topological polar surface area (TPSA) is 60.2 Å². The van der Waals surface area contributed by atoms with Crippen molar-refractivity contribution in [1.82, 2.24) is 14.5 Å². The lowest BCUT2D eigenvalue weighted by Gasteiger charge is -2.19. The van der Waals surface area contributed by atoms with Crippen LogP contribution in [0.2, 0.25) is 4.34 Å². The molecule has 158 valence electrons. The maximum atomic E-state index is 13.3. The highest BCUT2D eigenvalue weighted by molar-refractivity contribution is 7.22. The van der Waals surface area contributed by atoms with E-state index in [0.717, 1.165) is 28.7 Å². The highest BCUT2D eigenvalue weighted by Gasteiger charge is 2.23. The van der Waals surface area contributed by atoms with E-state index in [9.17, 15) is 4.79 Å². The number of hydrogen-bond acceptors (Lipinski definition) is 6. The van der Waals surface area contributed by atoms with Gasteiger partial charge < -0.3 is 9.30 Å². The molecular formula is C20H20Cl2N4O2S2. The fraction of sp³-hybridized carbons (Fsp3) is 0.250. The first-order valence-corrected chi connectivity index (χ1v) is 11.0. The van der Waals surface area contributed by atoms with Gasteiger partial charge >= 0.3 is 0 Å². The zero-order chi connectivity index (χ0) is 20.4. The molecule has 1 aromatic carbocycles. The van der Waals surface area contributed by atoms with Crippen LogP contribution in [0.5, 0.6) is 5.75 Å². The molecule has 1 amide bonds. The minimum absolute atomic E-state index is 0. The maximum Gasteiger partial charge on any atom is 0.270 e. The summed E-state index contributed by atoms with van der Waals surface area (Å²) in [5.41, 5.74) is 1.89. The van der Waals surface area contributed by atoms with Gasteiger partial charge in [0.1, 0.15) is 11.3 Å². The summed E-state index contributed by atoms with van der Waals surface area (Å²) >= 11 is 8.84. The average molecular weight is 483 g/mol. The highest BCUT2D eigenvalue weighted by atomic mass is 35.5. The number of carbonyl (C=O) groups is 1. The number of amides is 1. The van der Waals surface area contributed by atoms with Crippen LogP contribution >= 0.6 is 46.7 Å². The summed E-state index contributed by atoms with van der Waals surface area (Å²) in [6.07, 6.45) is 6.21. The van der Waals surface area contributed by atoms with Gasteiger partial charge in [-0.3, -0.25) is 9.69 Å². The largest absolute Gasteiger partial charge is 0.494 e. The number of nitrogens with zero attached hydrogens (tertiary/aromatic N) is 4. The van der Waals surface area contributed by atoms with Gasteiger partial charge in [-0.05, 0) is 37.1 Å². The number of ether oxygens (including phenoxy) is 1. The summed E-state index contributed by atoms with van der Waals surface area (Å²) in [4.78, 5) is 24.4. The summed E-state index contributed by atoms with van der Waals surface area (Å²) in [7, 11) is 1.63. The molecule has 3 heterocycles. The number of thiazole rings is 1. The van der Waals surface area contributed by atoms with Gasteiger partial charge in [0.05, 0.1) is 27.4 Å². The van der Waals surface area contributed by atoms with Crippen LogP contribution in [0.4, 0.5) is 5.13 Å². The lowest BCUT2D eigenvalue weighted by molar-refractivity contribution is 0.0990. The number of benzene rings is 1. The van der Waals surface area contributed by atoms with Crippen LogP contribution in [0.1, 0.15) is 21.7 Å². The van der Waals surface area contributed by atoms with Gasteiger partial charge in [0, 0.05) is 25.5 Å². The first-order valence-electron chi connectivity index (χ1n) is 9.04. The molecular weight excluding hydrogens is 463 g/mol. The van der Waals surface area contributed by atoms with Crippen molar-refractivity contribution in [3.8, 4) is 5.75 Å². The Balaban J connectivity index is 0.00000256. The molecule has 30 heavy (non-hydrogen) atoms. The Labute approximate surface area is 193 Å². The average Bonchev–Trinajstić information content (AvgIpc) is 3.46. The second kappa shape index (κ2) is 9.78. The van der Waals surface area contributed by atoms with Crippen LogP contribution in [0, 0.1) is 6.92 Å². The standard InChI is InChI=1S/C20H19ClN4O2S2.ClH/c1-13-4-5-14(27-2)17-18(13)29-20(23-17)25(10-3-9-24-11-8-22-12-24)19(26)15-6-7-16(21)28-15;/h4-8,11-12H,3,9-10H2,1-2H3;1H. The van der Waals surface area contributed by atoms with E-state index in [2.05, 4.69) is 4.98 Å². The number of halogens is 2. The number of anilines is 1. The zero-order valence-electron chi connectivity index (χ0n) is 16.4. The van der Waals surface area contributed by atoms with Crippen LogP contribution in [0.3, 0.4) is 0 Å². The molecule has 0 aliphatic heterocycles. The third-order valence-electron chi connectivity index (χ3n) is 4.53. The molecule has 0 spiro atoms.